The number of aliphatic hydroxyl groups is 1. The predicted octanol–water partition coefficient (Wildman–Crippen LogP) is 3.63. The van der Waals surface area contributed by atoms with Gasteiger partial charge in [-0.25, -0.2) is 4.79 Å². The van der Waals surface area contributed by atoms with E-state index < -0.39 is 34.7 Å². The minimum Gasteiger partial charge on any atom is -0.458 e. The normalized spacial score (nSPS) is 20.3. The minimum absolute atomic E-state index is 0.0657. The van der Waals surface area contributed by atoms with Crippen molar-refractivity contribution < 1.29 is 28.8 Å². The third-order valence-electron chi connectivity index (χ3n) is 6.79. The number of carbonyl (C=O) groups is 3. The number of urea groups is 1. The van der Waals surface area contributed by atoms with E-state index in [-0.39, 0.29) is 31.4 Å². The molecule has 1 aliphatic heterocycles. The highest BCUT2D eigenvalue weighted by Crippen LogP contribution is 2.46. The van der Waals surface area contributed by atoms with Crippen LogP contribution in [0.15, 0.2) is 24.3 Å². The number of halogens is 1. The Morgan fingerprint density at radius 1 is 1.22 bits per heavy atom. The summed E-state index contributed by atoms with van der Waals surface area (Å²) >= 11 is 6.02. The van der Waals surface area contributed by atoms with E-state index in [1.54, 1.807) is 30.9 Å². The van der Waals surface area contributed by atoms with Crippen molar-refractivity contribution in [1.82, 2.24) is 15.5 Å². The summed E-state index contributed by atoms with van der Waals surface area (Å²) in [6.07, 6.45) is 0.452. The molecule has 2 rings (SSSR count). The summed E-state index contributed by atoms with van der Waals surface area (Å²) in [4.78, 5) is 39.8. The van der Waals surface area contributed by atoms with Crippen molar-refractivity contribution >= 4 is 39.0 Å². The van der Waals surface area contributed by atoms with Crippen LogP contribution >= 0.6 is 21.1 Å². The maximum atomic E-state index is 13.5. The van der Waals surface area contributed by atoms with Crippen molar-refractivity contribution in [2.75, 3.05) is 26.2 Å². The second-order valence-corrected chi connectivity index (χ2v) is 11.9. The number of nitrogens with one attached hydrogen (secondary N) is 2. The van der Waals surface area contributed by atoms with Gasteiger partial charge in [-0.2, -0.15) is 0 Å². The summed E-state index contributed by atoms with van der Waals surface area (Å²) in [6, 6.07) is 5.85. The number of ether oxygens (including phenoxy) is 1. The lowest BCUT2D eigenvalue weighted by atomic mass is 9.66. The van der Waals surface area contributed by atoms with E-state index in [0.29, 0.717) is 24.5 Å². The molecule has 1 aromatic rings. The third kappa shape index (κ3) is 8.28. The Labute approximate surface area is 227 Å². The van der Waals surface area contributed by atoms with Crippen LogP contribution in [0, 0.1) is 11.3 Å². The molecule has 208 valence electrons. The van der Waals surface area contributed by atoms with Crippen molar-refractivity contribution in [3.63, 3.8) is 0 Å². The first-order valence-electron chi connectivity index (χ1n) is 12.5. The molecule has 0 radical (unpaired) electrons. The Bertz CT molecular complexity index is 956. The smallest absolute Gasteiger partial charge is 0.315 e. The lowest BCUT2D eigenvalue weighted by molar-refractivity contribution is -0.156. The highest BCUT2D eigenvalue weighted by Gasteiger charge is 2.50. The van der Waals surface area contributed by atoms with Crippen LogP contribution in [0.3, 0.4) is 0 Å². The molecule has 3 atom stereocenters. The van der Waals surface area contributed by atoms with Gasteiger partial charge in [-0.05, 0) is 43.9 Å². The fourth-order valence-corrected chi connectivity index (χ4v) is 4.75. The Morgan fingerprint density at radius 3 is 2.38 bits per heavy atom. The van der Waals surface area contributed by atoms with Crippen molar-refractivity contribution in [2.45, 2.75) is 71.6 Å². The molecule has 37 heavy (non-hydrogen) atoms. The number of hydrogen-bond donors (Lipinski definition) is 3. The lowest BCUT2D eigenvalue weighted by Gasteiger charge is -2.51. The second kappa shape index (κ2) is 12.7. The maximum absolute atomic E-state index is 13.5. The zero-order valence-electron chi connectivity index (χ0n) is 22.6. The van der Waals surface area contributed by atoms with Crippen molar-refractivity contribution in [2.24, 2.45) is 11.3 Å². The van der Waals surface area contributed by atoms with Gasteiger partial charge in [0.15, 0.2) is 0 Å². The number of benzene rings is 1. The standard InChI is InChI=1S/C26H41ClN3O6P/c1-17(2)21(29-23(33)28-15-25(5,6)36-20(31)11-14-35-37)22(32)30-13-12-26(34,24(3,4)16-30)18-7-9-19(27)10-8-18/h7-10,17,21,34H,11-16,37H2,1-6H3,(H2,28,29,33)/t21-,26+/m1/s1. The molecular formula is C26H41ClN3O6P. The lowest BCUT2D eigenvalue weighted by Crippen LogP contribution is -2.61. The number of nitrogens with zero attached hydrogens (tertiary/aromatic N) is 1. The molecule has 1 heterocycles. The van der Waals surface area contributed by atoms with Gasteiger partial charge in [0, 0.05) is 33.0 Å². The zero-order valence-corrected chi connectivity index (χ0v) is 24.5. The van der Waals surface area contributed by atoms with Gasteiger partial charge in [-0.15, -0.1) is 0 Å². The predicted molar refractivity (Wildman–Crippen MR) is 146 cm³/mol. The van der Waals surface area contributed by atoms with Gasteiger partial charge < -0.3 is 29.9 Å². The van der Waals surface area contributed by atoms with Gasteiger partial charge in [-0.3, -0.25) is 9.59 Å². The third-order valence-corrected chi connectivity index (χ3v) is 7.28. The molecule has 1 unspecified atom stereocenters. The van der Waals surface area contributed by atoms with Crippen LogP contribution in [0.25, 0.3) is 0 Å². The molecule has 1 fully saturated rings. The van der Waals surface area contributed by atoms with Crippen molar-refractivity contribution in [1.29, 1.82) is 0 Å². The van der Waals surface area contributed by atoms with Crippen LogP contribution in [-0.2, 0) is 24.5 Å². The average Bonchev–Trinajstić information content (AvgIpc) is 2.81. The van der Waals surface area contributed by atoms with Crippen LogP contribution in [0.5, 0.6) is 0 Å². The minimum atomic E-state index is -1.13. The van der Waals surface area contributed by atoms with E-state index in [0.717, 1.165) is 5.56 Å². The van der Waals surface area contributed by atoms with Gasteiger partial charge in [0.05, 0.1) is 25.2 Å². The first-order chi connectivity index (χ1) is 17.1. The monoisotopic (exact) mass is 557 g/mol. The first kappa shape index (κ1) is 31.3. The summed E-state index contributed by atoms with van der Waals surface area (Å²) < 4.78 is 10.2. The molecule has 1 saturated heterocycles. The first-order valence-corrected chi connectivity index (χ1v) is 13.3. The molecule has 0 bridgehead atoms. The summed E-state index contributed by atoms with van der Waals surface area (Å²) in [5.41, 5.74) is -1.95. The van der Waals surface area contributed by atoms with Gasteiger partial charge >= 0.3 is 12.0 Å². The van der Waals surface area contributed by atoms with Gasteiger partial charge in [0.2, 0.25) is 5.91 Å². The maximum Gasteiger partial charge on any atom is 0.315 e. The molecular weight excluding hydrogens is 517 g/mol. The number of piperidine rings is 1. The number of amides is 3. The van der Waals surface area contributed by atoms with Crippen molar-refractivity contribution in [3.8, 4) is 0 Å². The molecule has 0 aliphatic carbocycles. The van der Waals surface area contributed by atoms with Crippen LogP contribution in [0.4, 0.5) is 4.79 Å². The molecule has 0 aromatic heterocycles. The molecule has 0 spiro atoms. The molecule has 11 heteroatoms. The van der Waals surface area contributed by atoms with Crippen LogP contribution in [-0.4, -0.2) is 65.8 Å². The molecule has 3 N–H and O–H groups in total. The molecule has 9 nitrogen and oxygen atoms in total. The van der Waals surface area contributed by atoms with E-state index in [1.807, 2.05) is 39.8 Å². The highest BCUT2D eigenvalue weighted by atomic mass is 35.5. The second-order valence-electron chi connectivity index (χ2n) is 11.2. The Hall–Kier alpha value is -1.93. The number of likely N-dealkylation sites (tertiary alicyclic amines) is 1. The van der Waals surface area contributed by atoms with E-state index >= 15 is 0 Å². The van der Waals surface area contributed by atoms with Crippen molar-refractivity contribution in [3.05, 3.63) is 34.9 Å². The fraction of sp³-hybridized carbons (Fsp3) is 0.654. The molecule has 0 saturated carbocycles. The number of rotatable bonds is 10. The van der Waals surface area contributed by atoms with Crippen LogP contribution < -0.4 is 10.6 Å². The van der Waals surface area contributed by atoms with E-state index in [4.69, 9.17) is 20.9 Å². The number of esters is 1. The highest BCUT2D eigenvalue weighted by molar-refractivity contribution is 7.09. The molecule has 1 aromatic carbocycles. The Kier molecular flexibility index (Phi) is 10.8. The topological polar surface area (TPSA) is 117 Å². The molecule has 3 amide bonds. The summed E-state index contributed by atoms with van der Waals surface area (Å²) in [5, 5.41) is 17.7. The van der Waals surface area contributed by atoms with Gasteiger partial charge in [0.25, 0.3) is 0 Å². The summed E-state index contributed by atoms with van der Waals surface area (Å²) in [6.45, 7) is 11.9. The Morgan fingerprint density at radius 2 is 1.84 bits per heavy atom. The SMILES string of the molecule is CC(C)[C@@H](NC(=O)NCC(C)(C)OC(=O)CCOP)C(=O)N1CC[C@](O)(c2ccc(Cl)cc2)C(C)(C)C1. The van der Waals surface area contributed by atoms with E-state index in [9.17, 15) is 19.5 Å². The molecule has 1 aliphatic rings. The van der Waals surface area contributed by atoms with E-state index in [1.165, 1.54) is 0 Å². The van der Waals surface area contributed by atoms with Crippen LogP contribution in [0.1, 0.15) is 59.9 Å². The number of hydrogen-bond acceptors (Lipinski definition) is 6. The summed E-state index contributed by atoms with van der Waals surface area (Å²) in [5.74, 6) is -0.813. The fourth-order valence-electron chi connectivity index (χ4n) is 4.50. The quantitative estimate of drug-likeness (QED) is 0.299. The summed E-state index contributed by atoms with van der Waals surface area (Å²) in [7, 11) is 2.07. The van der Waals surface area contributed by atoms with Crippen LogP contribution in [0.2, 0.25) is 5.02 Å². The zero-order chi connectivity index (χ0) is 28.0. The number of carbonyl (C=O) groups excluding carboxylic acids is 3. The average molecular weight is 558 g/mol. The Balaban J connectivity index is 2.02. The van der Waals surface area contributed by atoms with Gasteiger partial charge in [-0.1, -0.05) is 51.4 Å². The largest absolute Gasteiger partial charge is 0.458 e. The van der Waals surface area contributed by atoms with Gasteiger partial charge in [0.1, 0.15) is 11.6 Å². The van der Waals surface area contributed by atoms with E-state index in [2.05, 4.69) is 20.1 Å².